The lowest BCUT2D eigenvalue weighted by Crippen LogP contribution is -2.29. The highest BCUT2D eigenvalue weighted by atomic mass is 19.1. The van der Waals surface area contributed by atoms with Gasteiger partial charge in [0.05, 0.1) is 5.56 Å². The van der Waals surface area contributed by atoms with Gasteiger partial charge in [-0.1, -0.05) is 0 Å². The van der Waals surface area contributed by atoms with Crippen molar-refractivity contribution >= 4 is 5.78 Å². The Balaban J connectivity index is 2.45. The molecule has 88 valence electrons. The van der Waals surface area contributed by atoms with Gasteiger partial charge in [0, 0.05) is 25.7 Å². The summed E-state index contributed by atoms with van der Waals surface area (Å²) in [5.41, 5.74) is -0.986. The highest BCUT2D eigenvalue weighted by Crippen LogP contribution is 2.41. The predicted molar refractivity (Wildman–Crippen MR) is 58.1 cm³/mol. The van der Waals surface area contributed by atoms with Gasteiger partial charge in [-0.3, -0.25) is 4.79 Å². The molecule has 1 saturated carbocycles. The molecule has 0 spiro atoms. The molecule has 0 atom stereocenters. The zero-order valence-electron chi connectivity index (χ0n) is 9.17. The van der Waals surface area contributed by atoms with Crippen LogP contribution in [0.5, 0.6) is 0 Å². The summed E-state index contributed by atoms with van der Waals surface area (Å²) in [7, 11) is 0. The van der Waals surface area contributed by atoms with Crippen molar-refractivity contribution in [3.05, 3.63) is 46.8 Å². The summed E-state index contributed by atoms with van der Waals surface area (Å²) in [5, 5.41) is 0. The molecular weight excluding hydrogens is 224 g/mol. The molecule has 0 heterocycles. The van der Waals surface area contributed by atoms with E-state index in [1.807, 2.05) is 0 Å². The molecule has 1 aliphatic rings. The van der Waals surface area contributed by atoms with Crippen molar-refractivity contribution < 1.29 is 13.6 Å². The molecule has 17 heavy (non-hydrogen) atoms. The quantitative estimate of drug-likeness (QED) is 0.685. The number of Topliss-reactive ketones (excluding diaryl/α,β-unsaturated/α-hetero) is 1. The van der Waals surface area contributed by atoms with E-state index in [9.17, 15) is 13.6 Å². The zero-order valence-corrected chi connectivity index (χ0v) is 9.17. The maximum atomic E-state index is 13.7. The highest BCUT2D eigenvalue weighted by molar-refractivity contribution is 5.79. The van der Waals surface area contributed by atoms with Crippen LogP contribution < -0.4 is 0 Å². The van der Waals surface area contributed by atoms with Crippen LogP contribution in [0.4, 0.5) is 8.78 Å². The lowest BCUT2D eigenvalue weighted by atomic mass is 9.76. The Bertz CT molecular complexity index is 495. The molecule has 2 nitrogen and oxygen atoms in total. The summed E-state index contributed by atoms with van der Waals surface area (Å²) in [6.07, 6.45) is 1.07. The summed E-state index contributed by atoms with van der Waals surface area (Å²) in [6.45, 7) is 7.24. The van der Waals surface area contributed by atoms with Gasteiger partial charge in [0.2, 0.25) is 0 Å². The van der Waals surface area contributed by atoms with Crippen molar-refractivity contribution in [1.82, 2.24) is 0 Å². The number of hydrogen-bond donors (Lipinski definition) is 0. The number of halogens is 2. The van der Waals surface area contributed by atoms with E-state index in [4.69, 9.17) is 6.57 Å². The second-order valence-electron chi connectivity index (χ2n) is 4.31. The van der Waals surface area contributed by atoms with Crippen molar-refractivity contribution in [2.45, 2.75) is 31.2 Å². The largest absolute Gasteiger partial charge is 0.305 e. The summed E-state index contributed by atoms with van der Waals surface area (Å²) in [4.78, 5) is 14.7. The van der Waals surface area contributed by atoms with Gasteiger partial charge in [-0.15, -0.1) is 0 Å². The molecule has 0 unspecified atom stereocenters. The van der Waals surface area contributed by atoms with Crippen molar-refractivity contribution in [3.63, 3.8) is 0 Å². The van der Waals surface area contributed by atoms with Crippen molar-refractivity contribution in [1.29, 1.82) is 0 Å². The SMILES string of the molecule is [C-]#[N+]C1(c2cc(F)ccc2F)CCC(=O)CC1. The van der Waals surface area contributed by atoms with E-state index < -0.39 is 17.2 Å². The van der Waals surface area contributed by atoms with E-state index in [0.717, 1.165) is 18.2 Å². The number of rotatable bonds is 1. The Morgan fingerprint density at radius 1 is 1.24 bits per heavy atom. The third-order valence-electron chi connectivity index (χ3n) is 3.28. The maximum Gasteiger partial charge on any atom is 0.261 e. The number of ketones is 1. The molecule has 0 N–H and O–H groups in total. The van der Waals surface area contributed by atoms with Gasteiger partial charge in [-0.05, 0) is 18.2 Å². The fourth-order valence-corrected chi connectivity index (χ4v) is 2.24. The maximum absolute atomic E-state index is 13.7. The van der Waals surface area contributed by atoms with E-state index in [0.29, 0.717) is 0 Å². The number of nitrogens with zero attached hydrogens (tertiary/aromatic N) is 1. The molecule has 0 amide bonds. The first-order chi connectivity index (χ1) is 8.07. The van der Waals surface area contributed by atoms with Gasteiger partial charge in [0.1, 0.15) is 17.4 Å². The van der Waals surface area contributed by atoms with E-state index in [2.05, 4.69) is 4.85 Å². The van der Waals surface area contributed by atoms with Gasteiger partial charge >= 0.3 is 0 Å². The van der Waals surface area contributed by atoms with Crippen LogP contribution in [0, 0.1) is 18.2 Å². The average Bonchev–Trinajstić information content (AvgIpc) is 2.34. The summed E-state index contributed by atoms with van der Waals surface area (Å²) >= 11 is 0. The molecule has 1 aliphatic carbocycles. The molecule has 4 heteroatoms. The monoisotopic (exact) mass is 235 g/mol. The first-order valence-corrected chi connectivity index (χ1v) is 5.43. The Morgan fingerprint density at radius 3 is 2.47 bits per heavy atom. The Kier molecular flexibility index (Phi) is 2.93. The zero-order chi connectivity index (χ0) is 12.5. The second-order valence-corrected chi connectivity index (χ2v) is 4.31. The van der Waals surface area contributed by atoms with Crippen molar-refractivity contribution in [3.8, 4) is 0 Å². The molecule has 0 radical (unpaired) electrons. The molecule has 1 aromatic rings. The molecule has 2 rings (SSSR count). The van der Waals surface area contributed by atoms with Crippen LogP contribution in [0.15, 0.2) is 18.2 Å². The Morgan fingerprint density at radius 2 is 1.88 bits per heavy atom. The van der Waals surface area contributed by atoms with Crippen LogP contribution in [0.1, 0.15) is 31.2 Å². The average molecular weight is 235 g/mol. The van der Waals surface area contributed by atoms with Crippen LogP contribution in [-0.2, 0) is 10.3 Å². The fourth-order valence-electron chi connectivity index (χ4n) is 2.24. The number of benzene rings is 1. The van der Waals surface area contributed by atoms with Crippen LogP contribution in [0.3, 0.4) is 0 Å². The third kappa shape index (κ3) is 2.05. The molecule has 1 fully saturated rings. The third-order valence-corrected chi connectivity index (χ3v) is 3.28. The minimum Gasteiger partial charge on any atom is -0.305 e. The molecule has 1 aromatic carbocycles. The lowest BCUT2D eigenvalue weighted by Gasteiger charge is -2.26. The predicted octanol–water partition coefficient (Wildman–Crippen LogP) is 3.22. The number of hydrogen-bond acceptors (Lipinski definition) is 1. The van der Waals surface area contributed by atoms with Gasteiger partial charge in [-0.2, -0.15) is 0 Å². The van der Waals surface area contributed by atoms with E-state index in [1.165, 1.54) is 0 Å². The van der Waals surface area contributed by atoms with Crippen LogP contribution in [0.2, 0.25) is 0 Å². The van der Waals surface area contributed by atoms with E-state index >= 15 is 0 Å². The first-order valence-electron chi connectivity index (χ1n) is 5.43. The second kappa shape index (κ2) is 4.25. The standard InChI is InChI=1S/C13H11F2NO/c1-16-13(6-4-10(17)5-7-13)11-8-9(14)2-3-12(11)15/h2-3,8H,4-7H2. The molecule has 0 aliphatic heterocycles. The van der Waals surface area contributed by atoms with Crippen molar-refractivity contribution in [2.75, 3.05) is 0 Å². The minimum absolute atomic E-state index is 0.0833. The van der Waals surface area contributed by atoms with Crippen LogP contribution in [0.25, 0.3) is 4.85 Å². The van der Waals surface area contributed by atoms with Gasteiger partial charge in [0.15, 0.2) is 0 Å². The summed E-state index contributed by atoms with van der Waals surface area (Å²) in [6, 6.07) is 3.14. The summed E-state index contributed by atoms with van der Waals surface area (Å²) < 4.78 is 26.8. The first kappa shape index (κ1) is 11.7. The number of carbonyl (C=O) groups is 1. The molecule has 0 aromatic heterocycles. The summed E-state index contributed by atoms with van der Waals surface area (Å²) in [5.74, 6) is -1.04. The van der Waals surface area contributed by atoms with Crippen LogP contribution >= 0.6 is 0 Å². The topological polar surface area (TPSA) is 21.4 Å². The normalized spacial score (nSPS) is 18.8. The smallest absolute Gasteiger partial charge is 0.261 e. The van der Waals surface area contributed by atoms with E-state index in [1.54, 1.807) is 0 Å². The molecule has 0 saturated heterocycles. The minimum atomic E-state index is -1.07. The number of carbonyl (C=O) groups excluding carboxylic acids is 1. The van der Waals surface area contributed by atoms with Gasteiger partial charge in [0.25, 0.3) is 5.54 Å². The fraction of sp³-hybridized carbons (Fsp3) is 0.385. The lowest BCUT2D eigenvalue weighted by molar-refractivity contribution is -0.121. The Hall–Kier alpha value is -1.76. The van der Waals surface area contributed by atoms with E-state index in [-0.39, 0.29) is 37.0 Å². The molecule has 0 bridgehead atoms. The molecular formula is C13H11F2NO. The highest BCUT2D eigenvalue weighted by Gasteiger charge is 2.44. The van der Waals surface area contributed by atoms with Crippen molar-refractivity contribution in [2.24, 2.45) is 0 Å². The van der Waals surface area contributed by atoms with Gasteiger partial charge < -0.3 is 4.85 Å². The Labute approximate surface area is 98.1 Å². The van der Waals surface area contributed by atoms with Gasteiger partial charge in [-0.25, -0.2) is 15.4 Å². The van der Waals surface area contributed by atoms with Crippen LogP contribution in [-0.4, -0.2) is 5.78 Å².